The molecule has 2 aromatic rings. The monoisotopic (exact) mass is 325 g/mol. The van der Waals surface area contributed by atoms with Crippen LogP contribution in [0.1, 0.15) is 35.4 Å². The van der Waals surface area contributed by atoms with Crippen molar-refractivity contribution in [2.24, 2.45) is 5.41 Å². The summed E-state index contributed by atoms with van der Waals surface area (Å²) in [7, 11) is 0. The predicted molar refractivity (Wildman–Crippen MR) is 97.4 cm³/mol. The largest absolute Gasteiger partial charge is 0.396 e. The Kier molecular flexibility index (Phi) is 4.86. The van der Waals surface area contributed by atoms with Gasteiger partial charge in [0.1, 0.15) is 5.82 Å². The van der Waals surface area contributed by atoms with E-state index >= 15 is 0 Å². The van der Waals surface area contributed by atoms with E-state index in [1.165, 1.54) is 11.1 Å². The molecular weight excluding hydrogens is 298 g/mol. The molecule has 1 aliphatic heterocycles. The van der Waals surface area contributed by atoms with Crippen molar-refractivity contribution in [3.63, 3.8) is 0 Å². The van der Waals surface area contributed by atoms with Crippen LogP contribution in [0, 0.1) is 26.2 Å². The Morgan fingerprint density at radius 1 is 1.21 bits per heavy atom. The summed E-state index contributed by atoms with van der Waals surface area (Å²) in [5.41, 5.74) is 4.43. The van der Waals surface area contributed by atoms with E-state index in [1.807, 2.05) is 20.0 Å². The summed E-state index contributed by atoms with van der Waals surface area (Å²) >= 11 is 0. The summed E-state index contributed by atoms with van der Waals surface area (Å²) in [4.78, 5) is 11.5. The Morgan fingerprint density at radius 2 is 2.00 bits per heavy atom. The molecular formula is C20H27N3O. The Labute approximate surface area is 144 Å². The summed E-state index contributed by atoms with van der Waals surface area (Å²) in [6, 6.07) is 8.49. The van der Waals surface area contributed by atoms with Gasteiger partial charge < -0.3 is 10.0 Å². The maximum Gasteiger partial charge on any atom is 0.150 e. The van der Waals surface area contributed by atoms with E-state index in [-0.39, 0.29) is 12.0 Å². The highest BCUT2D eigenvalue weighted by Gasteiger charge is 2.36. The Hall–Kier alpha value is -1.94. The van der Waals surface area contributed by atoms with Crippen LogP contribution >= 0.6 is 0 Å². The predicted octanol–water partition coefficient (Wildman–Crippen LogP) is 3.22. The third kappa shape index (κ3) is 3.44. The van der Waals surface area contributed by atoms with Crippen molar-refractivity contribution in [3.05, 3.63) is 53.0 Å². The Morgan fingerprint density at radius 3 is 2.75 bits per heavy atom. The average molecular weight is 325 g/mol. The first-order valence-electron chi connectivity index (χ1n) is 8.74. The quantitative estimate of drug-likeness (QED) is 0.938. The molecule has 128 valence electrons. The molecule has 0 aliphatic carbocycles. The van der Waals surface area contributed by atoms with Gasteiger partial charge in [-0.3, -0.25) is 4.98 Å². The highest BCUT2D eigenvalue weighted by Crippen LogP contribution is 2.36. The van der Waals surface area contributed by atoms with Gasteiger partial charge in [0, 0.05) is 24.7 Å². The topological polar surface area (TPSA) is 49.2 Å². The second-order valence-corrected chi connectivity index (χ2v) is 7.21. The summed E-state index contributed by atoms with van der Waals surface area (Å²) < 4.78 is 0. The molecule has 1 aromatic heterocycles. The lowest BCUT2D eigenvalue weighted by molar-refractivity contribution is 0.105. The summed E-state index contributed by atoms with van der Waals surface area (Å²) in [6.45, 7) is 8.16. The molecule has 3 rings (SSSR count). The summed E-state index contributed by atoms with van der Waals surface area (Å²) in [6.07, 6.45) is 4.84. The van der Waals surface area contributed by atoms with Crippen molar-refractivity contribution in [2.75, 3.05) is 24.6 Å². The van der Waals surface area contributed by atoms with Crippen molar-refractivity contribution >= 4 is 5.82 Å². The molecule has 1 saturated heterocycles. The first kappa shape index (κ1) is 16.9. The zero-order valence-corrected chi connectivity index (χ0v) is 14.9. The van der Waals surface area contributed by atoms with Gasteiger partial charge in [-0.25, -0.2) is 4.98 Å². The Bertz CT molecular complexity index is 716. The van der Waals surface area contributed by atoms with Gasteiger partial charge in [-0.15, -0.1) is 0 Å². The van der Waals surface area contributed by atoms with E-state index in [0.29, 0.717) is 0 Å². The summed E-state index contributed by atoms with van der Waals surface area (Å²) in [5.74, 6) is 0.970. The van der Waals surface area contributed by atoms with Crippen molar-refractivity contribution < 1.29 is 5.11 Å². The molecule has 24 heavy (non-hydrogen) atoms. The van der Waals surface area contributed by atoms with E-state index in [1.54, 1.807) is 0 Å². The maximum absolute atomic E-state index is 10.2. The lowest BCUT2D eigenvalue weighted by Gasteiger charge is -2.43. The minimum absolute atomic E-state index is 0.109. The molecule has 1 fully saturated rings. The van der Waals surface area contributed by atoms with Crippen molar-refractivity contribution in [1.82, 2.24) is 9.97 Å². The molecule has 0 spiro atoms. The lowest BCUT2D eigenvalue weighted by Crippen LogP contribution is -2.47. The number of benzene rings is 1. The zero-order valence-electron chi connectivity index (χ0n) is 14.9. The van der Waals surface area contributed by atoms with E-state index < -0.39 is 0 Å². The SMILES string of the molecule is Cc1cnc(C)c(N2CCC[C@](CO)(Cc3ccccc3C)C2)n1. The second kappa shape index (κ2) is 6.89. The van der Waals surface area contributed by atoms with E-state index in [9.17, 15) is 5.11 Å². The van der Waals surface area contributed by atoms with Gasteiger partial charge >= 0.3 is 0 Å². The minimum Gasteiger partial charge on any atom is -0.396 e. The lowest BCUT2D eigenvalue weighted by atomic mass is 9.75. The fourth-order valence-electron chi connectivity index (χ4n) is 3.75. The van der Waals surface area contributed by atoms with Crippen LogP contribution in [-0.2, 0) is 6.42 Å². The minimum atomic E-state index is -0.109. The van der Waals surface area contributed by atoms with Gasteiger partial charge in [0.05, 0.1) is 18.0 Å². The van der Waals surface area contributed by atoms with Crippen molar-refractivity contribution in [2.45, 2.75) is 40.0 Å². The second-order valence-electron chi connectivity index (χ2n) is 7.21. The van der Waals surface area contributed by atoms with Crippen LogP contribution in [0.25, 0.3) is 0 Å². The molecule has 0 amide bonds. The smallest absolute Gasteiger partial charge is 0.150 e. The van der Waals surface area contributed by atoms with Gasteiger partial charge in [-0.2, -0.15) is 0 Å². The van der Waals surface area contributed by atoms with Gasteiger partial charge in [-0.05, 0) is 51.2 Å². The van der Waals surface area contributed by atoms with E-state index in [2.05, 4.69) is 41.1 Å². The molecule has 1 aromatic carbocycles. The van der Waals surface area contributed by atoms with Gasteiger partial charge in [0.25, 0.3) is 0 Å². The van der Waals surface area contributed by atoms with Crippen LogP contribution in [-0.4, -0.2) is 34.8 Å². The fraction of sp³-hybridized carbons (Fsp3) is 0.500. The first-order valence-corrected chi connectivity index (χ1v) is 8.74. The molecule has 0 radical (unpaired) electrons. The van der Waals surface area contributed by atoms with Crippen molar-refractivity contribution in [3.8, 4) is 0 Å². The molecule has 2 heterocycles. The molecule has 1 N–H and O–H groups in total. The van der Waals surface area contributed by atoms with E-state index in [0.717, 1.165) is 49.6 Å². The number of hydrogen-bond donors (Lipinski definition) is 1. The van der Waals surface area contributed by atoms with Gasteiger partial charge in [-0.1, -0.05) is 24.3 Å². The number of hydrogen-bond acceptors (Lipinski definition) is 4. The number of aryl methyl sites for hydroxylation is 3. The van der Waals surface area contributed by atoms with E-state index in [4.69, 9.17) is 4.98 Å². The van der Waals surface area contributed by atoms with Crippen molar-refractivity contribution in [1.29, 1.82) is 0 Å². The maximum atomic E-state index is 10.2. The molecule has 1 atom stereocenters. The average Bonchev–Trinajstić information content (AvgIpc) is 2.59. The Balaban J connectivity index is 1.87. The molecule has 0 unspecified atom stereocenters. The van der Waals surface area contributed by atoms with Crippen LogP contribution < -0.4 is 4.90 Å². The molecule has 1 aliphatic rings. The highest BCUT2D eigenvalue weighted by molar-refractivity contribution is 5.44. The van der Waals surface area contributed by atoms with Gasteiger partial charge in [0.2, 0.25) is 0 Å². The number of aliphatic hydroxyl groups is 1. The zero-order chi connectivity index (χ0) is 17.2. The van der Waals surface area contributed by atoms with Crippen LogP contribution in [0.15, 0.2) is 30.5 Å². The number of nitrogens with zero attached hydrogens (tertiary/aromatic N) is 3. The number of anilines is 1. The molecule has 4 nitrogen and oxygen atoms in total. The van der Waals surface area contributed by atoms with Crippen LogP contribution in [0.4, 0.5) is 5.82 Å². The number of rotatable bonds is 4. The molecule has 0 bridgehead atoms. The number of aliphatic hydroxyl groups excluding tert-OH is 1. The first-order chi connectivity index (χ1) is 11.5. The molecule has 4 heteroatoms. The summed E-state index contributed by atoms with van der Waals surface area (Å²) in [5, 5.41) is 10.2. The van der Waals surface area contributed by atoms with Crippen LogP contribution in [0.3, 0.4) is 0 Å². The van der Waals surface area contributed by atoms with Crippen LogP contribution in [0.5, 0.6) is 0 Å². The van der Waals surface area contributed by atoms with Gasteiger partial charge in [0.15, 0.2) is 0 Å². The molecule has 0 saturated carbocycles. The standard InChI is InChI=1S/C20H27N3O/c1-15-7-4-5-8-18(15)11-20(14-24)9-6-10-23(13-20)19-17(3)21-12-16(2)22-19/h4-5,7-8,12,24H,6,9-11,13-14H2,1-3H3/t20-/m0/s1. The van der Waals surface area contributed by atoms with Crippen LogP contribution in [0.2, 0.25) is 0 Å². The number of aromatic nitrogens is 2. The third-order valence-corrected chi connectivity index (χ3v) is 5.17. The highest BCUT2D eigenvalue weighted by atomic mass is 16.3. The fourth-order valence-corrected chi connectivity index (χ4v) is 3.75. The number of piperidine rings is 1. The third-order valence-electron chi connectivity index (χ3n) is 5.17. The normalized spacial score (nSPS) is 21.1.